The summed E-state index contributed by atoms with van der Waals surface area (Å²) in [5.41, 5.74) is 4.73. The van der Waals surface area contributed by atoms with Gasteiger partial charge in [-0.25, -0.2) is 0 Å². The Hall–Kier alpha value is -2.33. The highest BCUT2D eigenvalue weighted by atomic mass is 16.1. The largest absolute Gasteiger partial charge is 0.367 e. The molecule has 1 aliphatic heterocycles. The standard InChI is InChI=1S/C21H27N3O/c1-23(2)14-5-13-22-21(25)19-10-8-17(9-11-19)16-24-15-12-18-6-3-4-7-20(18)24/h3-4,6-11H,5,12-16H2,1-2H3,(H,22,25). The van der Waals surface area contributed by atoms with Gasteiger partial charge in [0.1, 0.15) is 0 Å². The smallest absolute Gasteiger partial charge is 0.251 e. The van der Waals surface area contributed by atoms with Crippen molar-refractivity contribution < 1.29 is 4.79 Å². The van der Waals surface area contributed by atoms with E-state index in [4.69, 9.17) is 0 Å². The van der Waals surface area contributed by atoms with Gasteiger partial charge in [0, 0.05) is 30.9 Å². The minimum absolute atomic E-state index is 0.0109. The van der Waals surface area contributed by atoms with Gasteiger partial charge >= 0.3 is 0 Å². The van der Waals surface area contributed by atoms with Crippen LogP contribution in [-0.4, -0.2) is 44.5 Å². The quantitative estimate of drug-likeness (QED) is 0.789. The van der Waals surface area contributed by atoms with Crippen molar-refractivity contribution in [3.8, 4) is 0 Å². The van der Waals surface area contributed by atoms with Crippen molar-refractivity contribution in [3.05, 3.63) is 65.2 Å². The van der Waals surface area contributed by atoms with Gasteiger partial charge in [0.15, 0.2) is 0 Å². The molecule has 0 aromatic heterocycles. The molecular weight excluding hydrogens is 310 g/mol. The van der Waals surface area contributed by atoms with Gasteiger partial charge in [-0.3, -0.25) is 4.79 Å². The Balaban J connectivity index is 1.53. The molecule has 3 rings (SSSR count). The molecule has 1 aliphatic rings. The number of benzene rings is 2. The highest BCUT2D eigenvalue weighted by molar-refractivity contribution is 5.94. The van der Waals surface area contributed by atoms with E-state index in [9.17, 15) is 4.79 Å². The van der Waals surface area contributed by atoms with Gasteiger partial charge in [-0.2, -0.15) is 0 Å². The van der Waals surface area contributed by atoms with Crippen LogP contribution >= 0.6 is 0 Å². The molecular formula is C21H27N3O. The molecule has 1 heterocycles. The van der Waals surface area contributed by atoms with Crippen molar-refractivity contribution in [1.82, 2.24) is 10.2 Å². The number of hydrogen-bond donors (Lipinski definition) is 1. The second-order valence-corrected chi connectivity index (χ2v) is 6.91. The fourth-order valence-electron chi connectivity index (χ4n) is 3.25. The van der Waals surface area contributed by atoms with Crippen LogP contribution in [-0.2, 0) is 13.0 Å². The second-order valence-electron chi connectivity index (χ2n) is 6.91. The molecule has 1 amide bonds. The molecule has 0 saturated carbocycles. The van der Waals surface area contributed by atoms with Crippen LogP contribution in [0.5, 0.6) is 0 Å². The van der Waals surface area contributed by atoms with Crippen LogP contribution in [0.3, 0.4) is 0 Å². The highest BCUT2D eigenvalue weighted by Gasteiger charge is 2.18. The molecule has 132 valence electrons. The molecule has 4 heteroatoms. The lowest BCUT2D eigenvalue weighted by atomic mass is 10.1. The van der Waals surface area contributed by atoms with Gasteiger partial charge in [-0.05, 0) is 62.8 Å². The lowest BCUT2D eigenvalue weighted by Crippen LogP contribution is -2.27. The van der Waals surface area contributed by atoms with Crippen molar-refractivity contribution >= 4 is 11.6 Å². The molecule has 0 saturated heterocycles. The Bertz CT molecular complexity index is 709. The average molecular weight is 337 g/mol. The maximum Gasteiger partial charge on any atom is 0.251 e. The van der Waals surface area contributed by atoms with Gasteiger partial charge in [0.05, 0.1) is 0 Å². The first-order chi connectivity index (χ1) is 12.1. The maximum absolute atomic E-state index is 12.2. The van der Waals surface area contributed by atoms with E-state index < -0.39 is 0 Å². The molecule has 0 aliphatic carbocycles. The van der Waals surface area contributed by atoms with Gasteiger partial charge in [0.2, 0.25) is 0 Å². The first-order valence-corrected chi connectivity index (χ1v) is 8.98. The van der Waals surface area contributed by atoms with E-state index in [0.717, 1.165) is 38.0 Å². The summed E-state index contributed by atoms with van der Waals surface area (Å²) in [5.74, 6) is 0.0109. The number of anilines is 1. The van der Waals surface area contributed by atoms with Gasteiger partial charge in [0.25, 0.3) is 5.91 Å². The third-order valence-corrected chi connectivity index (χ3v) is 4.64. The number of carbonyl (C=O) groups excluding carboxylic acids is 1. The second kappa shape index (κ2) is 8.17. The molecule has 0 fully saturated rings. The van der Waals surface area contributed by atoms with E-state index in [1.165, 1.54) is 16.8 Å². The average Bonchev–Trinajstić information content (AvgIpc) is 3.02. The number of nitrogens with zero attached hydrogens (tertiary/aromatic N) is 2. The zero-order chi connectivity index (χ0) is 17.6. The van der Waals surface area contributed by atoms with Crippen molar-refractivity contribution in [2.75, 3.05) is 38.6 Å². The summed E-state index contributed by atoms with van der Waals surface area (Å²) in [6, 6.07) is 16.6. The van der Waals surface area contributed by atoms with Crippen molar-refractivity contribution in [1.29, 1.82) is 0 Å². The molecule has 0 bridgehead atoms. The summed E-state index contributed by atoms with van der Waals surface area (Å²) in [7, 11) is 4.08. The number of amides is 1. The minimum Gasteiger partial charge on any atom is -0.367 e. The minimum atomic E-state index is 0.0109. The summed E-state index contributed by atoms with van der Waals surface area (Å²) in [6.07, 6.45) is 2.08. The molecule has 2 aromatic carbocycles. The zero-order valence-corrected chi connectivity index (χ0v) is 15.2. The van der Waals surface area contributed by atoms with Crippen LogP contribution in [0.25, 0.3) is 0 Å². The topological polar surface area (TPSA) is 35.6 Å². The van der Waals surface area contributed by atoms with E-state index >= 15 is 0 Å². The number of carbonyl (C=O) groups is 1. The Morgan fingerprint density at radius 3 is 2.64 bits per heavy atom. The zero-order valence-electron chi connectivity index (χ0n) is 15.2. The first kappa shape index (κ1) is 17.5. The van der Waals surface area contributed by atoms with Gasteiger partial charge < -0.3 is 15.1 Å². The number of hydrogen-bond acceptors (Lipinski definition) is 3. The summed E-state index contributed by atoms with van der Waals surface area (Å²) in [6.45, 7) is 3.65. The van der Waals surface area contributed by atoms with E-state index in [-0.39, 0.29) is 5.91 Å². The molecule has 0 spiro atoms. The van der Waals surface area contributed by atoms with Crippen LogP contribution < -0.4 is 10.2 Å². The SMILES string of the molecule is CN(C)CCCNC(=O)c1ccc(CN2CCc3ccccc32)cc1. The number of fused-ring (bicyclic) bond motifs is 1. The van der Waals surface area contributed by atoms with Crippen LogP contribution in [0.1, 0.15) is 27.9 Å². The molecule has 2 aromatic rings. The van der Waals surface area contributed by atoms with Crippen LogP contribution in [0, 0.1) is 0 Å². The van der Waals surface area contributed by atoms with Gasteiger partial charge in [-0.15, -0.1) is 0 Å². The maximum atomic E-state index is 12.2. The van der Waals surface area contributed by atoms with Crippen LogP contribution in [0.2, 0.25) is 0 Å². The summed E-state index contributed by atoms with van der Waals surface area (Å²) in [5, 5.41) is 2.98. The van der Waals surface area contributed by atoms with E-state index in [2.05, 4.69) is 51.5 Å². The van der Waals surface area contributed by atoms with Crippen molar-refractivity contribution in [2.45, 2.75) is 19.4 Å². The summed E-state index contributed by atoms with van der Waals surface area (Å²) < 4.78 is 0. The molecule has 1 N–H and O–H groups in total. The predicted molar refractivity (Wildman–Crippen MR) is 103 cm³/mol. The number of para-hydroxylation sites is 1. The fraction of sp³-hybridized carbons (Fsp3) is 0.381. The lowest BCUT2D eigenvalue weighted by molar-refractivity contribution is 0.0952. The van der Waals surface area contributed by atoms with Crippen molar-refractivity contribution in [2.24, 2.45) is 0 Å². The Morgan fingerprint density at radius 2 is 1.88 bits per heavy atom. The Morgan fingerprint density at radius 1 is 1.12 bits per heavy atom. The highest BCUT2D eigenvalue weighted by Crippen LogP contribution is 2.28. The third kappa shape index (κ3) is 4.60. The molecule has 0 atom stereocenters. The summed E-state index contributed by atoms with van der Waals surface area (Å²) in [4.78, 5) is 16.7. The third-order valence-electron chi connectivity index (χ3n) is 4.64. The number of rotatable bonds is 7. The van der Waals surface area contributed by atoms with E-state index in [1.54, 1.807) is 0 Å². The molecule has 4 nitrogen and oxygen atoms in total. The molecule has 25 heavy (non-hydrogen) atoms. The van der Waals surface area contributed by atoms with Crippen LogP contribution in [0.4, 0.5) is 5.69 Å². The molecule has 0 radical (unpaired) electrons. The van der Waals surface area contributed by atoms with Gasteiger partial charge in [-0.1, -0.05) is 30.3 Å². The summed E-state index contributed by atoms with van der Waals surface area (Å²) >= 11 is 0. The first-order valence-electron chi connectivity index (χ1n) is 8.98. The fourth-order valence-corrected chi connectivity index (χ4v) is 3.25. The number of nitrogens with one attached hydrogen (secondary N) is 1. The lowest BCUT2D eigenvalue weighted by Gasteiger charge is -2.19. The predicted octanol–water partition coefficient (Wildman–Crippen LogP) is 2.93. The van der Waals surface area contributed by atoms with Crippen LogP contribution in [0.15, 0.2) is 48.5 Å². The normalized spacial score (nSPS) is 13.2. The Labute approximate surface area is 150 Å². The van der Waals surface area contributed by atoms with Crippen molar-refractivity contribution in [3.63, 3.8) is 0 Å². The van der Waals surface area contributed by atoms with E-state index in [0.29, 0.717) is 6.54 Å². The van der Waals surface area contributed by atoms with E-state index in [1.807, 2.05) is 26.2 Å². The molecule has 0 unspecified atom stereocenters. The Kier molecular flexibility index (Phi) is 5.71. The monoisotopic (exact) mass is 337 g/mol.